The molecular formula is C14H17NO2. The van der Waals surface area contributed by atoms with Gasteiger partial charge in [-0.15, -0.1) is 0 Å². The van der Waals surface area contributed by atoms with Crippen LogP contribution in [0, 0.1) is 11.8 Å². The summed E-state index contributed by atoms with van der Waals surface area (Å²) in [7, 11) is 0. The van der Waals surface area contributed by atoms with Crippen LogP contribution in [0.1, 0.15) is 38.3 Å². The summed E-state index contributed by atoms with van der Waals surface area (Å²) in [5.41, 5.74) is 6.46. The van der Waals surface area contributed by atoms with E-state index >= 15 is 0 Å². The monoisotopic (exact) mass is 231 g/mol. The minimum absolute atomic E-state index is 0.0473. The second-order valence-electron chi connectivity index (χ2n) is 4.93. The van der Waals surface area contributed by atoms with E-state index in [4.69, 9.17) is 5.73 Å². The lowest BCUT2D eigenvalue weighted by Gasteiger charge is -2.20. The molecule has 0 saturated carbocycles. The van der Waals surface area contributed by atoms with Gasteiger partial charge >= 0.3 is 0 Å². The smallest absolute Gasteiger partial charge is 0.229 e. The Bertz CT molecular complexity index is 487. The number of phenols is 1. The lowest BCUT2D eigenvalue weighted by molar-refractivity contribution is -0.117. The molecule has 0 aromatic heterocycles. The molecule has 3 heteroatoms. The number of amides is 1. The minimum atomic E-state index is -0.438. The predicted octanol–water partition coefficient (Wildman–Crippen LogP) is 1.92. The van der Waals surface area contributed by atoms with Crippen LogP contribution in [0.4, 0.5) is 0 Å². The van der Waals surface area contributed by atoms with Crippen LogP contribution in [0.2, 0.25) is 0 Å². The van der Waals surface area contributed by atoms with Crippen LogP contribution in [0.3, 0.4) is 0 Å². The second kappa shape index (κ2) is 4.92. The Labute approximate surface area is 102 Å². The normalized spacial score (nSPS) is 10.5. The van der Waals surface area contributed by atoms with Crippen LogP contribution >= 0.6 is 0 Å². The van der Waals surface area contributed by atoms with Crippen molar-refractivity contribution in [3.63, 3.8) is 0 Å². The Morgan fingerprint density at radius 1 is 1.41 bits per heavy atom. The van der Waals surface area contributed by atoms with Gasteiger partial charge in [-0.3, -0.25) is 4.79 Å². The first-order valence-electron chi connectivity index (χ1n) is 5.41. The fourth-order valence-corrected chi connectivity index (χ4v) is 1.45. The molecule has 1 aromatic carbocycles. The van der Waals surface area contributed by atoms with Crippen molar-refractivity contribution in [1.82, 2.24) is 0 Å². The molecule has 0 spiro atoms. The van der Waals surface area contributed by atoms with Crippen molar-refractivity contribution >= 4 is 5.91 Å². The average molecular weight is 231 g/mol. The van der Waals surface area contributed by atoms with Gasteiger partial charge in [0, 0.05) is 11.1 Å². The molecule has 0 fully saturated rings. The number of hydrogen-bond donors (Lipinski definition) is 2. The van der Waals surface area contributed by atoms with E-state index in [1.807, 2.05) is 26.8 Å². The molecular weight excluding hydrogens is 214 g/mol. The van der Waals surface area contributed by atoms with E-state index in [0.29, 0.717) is 0 Å². The topological polar surface area (TPSA) is 63.3 Å². The van der Waals surface area contributed by atoms with Crippen LogP contribution in [-0.2, 0) is 10.2 Å². The standard InChI is InChI=1S/C14H17NO2/c1-14(2,3)11-9-10(7-8-12(11)16)5-4-6-13(15)17/h7-9,16H,6H2,1-3H3,(H2,15,17). The van der Waals surface area contributed by atoms with Gasteiger partial charge in [-0.1, -0.05) is 32.6 Å². The van der Waals surface area contributed by atoms with Crippen molar-refractivity contribution in [3.05, 3.63) is 29.3 Å². The molecule has 1 aromatic rings. The van der Waals surface area contributed by atoms with E-state index in [9.17, 15) is 9.90 Å². The number of aromatic hydroxyl groups is 1. The van der Waals surface area contributed by atoms with Gasteiger partial charge < -0.3 is 10.8 Å². The lowest BCUT2D eigenvalue weighted by atomic mass is 9.85. The molecule has 0 bridgehead atoms. The van der Waals surface area contributed by atoms with Gasteiger partial charge in [-0.2, -0.15) is 0 Å². The quantitative estimate of drug-likeness (QED) is 0.725. The number of benzene rings is 1. The van der Waals surface area contributed by atoms with E-state index in [-0.39, 0.29) is 17.6 Å². The molecule has 0 radical (unpaired) electrons. The maximum atomic E-state index is 10.5. The molecule has 3 nitrogen and oxygen atoms in total. The van der Waals surface area contributed by atoms with Crippen LogP contribution < -0.4 is 5.73 Å². The summed E-state index contributed by atoms with van der Waals surface area (Å²) in [5, 5.41) is 9.76. The molecule has 0 saturated heterocycles. The van der Waals surface area contributed by atoms with Gasteiger partial charge in [0.1, 0.15) is 5.75 Å². The fraction of sp³-hybridized carbons (Fsp3) is 0.357. The van der Waals surface area contributed by atoms with E-state index < -0.39 is 5.91 Å². The molecule has 0 atom stereocenters. The van der Waals surface area contributed by atoms with Crippen molar-refractivity contribution in [2.24, 2.45) is 5.73 Å². The zero-order valence-corrected chi connectivity index (χ0v) is 10.4. The third kappa shape index (κ3) is 3.84. The van der Waals surface area contributed by atoms with Crippen LogP contribution in [-0.4, -0.2) is 11.0 Å². The highest BCUT2D eigenvalue weighted by Crippen LogP contribution is 2.30. The molecule has 1 rings (SSSR count). The largest absolute Gasteiger partial charge is 0.508 e. The summed E-state index contributed by atoms with van der Waals surface area (Å²) in [4.78, 5) is 10.5. The fourth-order valence-electron chi connectivity index (χ4n) is 1.45. The highest BCUT2D eigenvalue weighted by Gasteiger charge is 2.17. The van der Waals surface area contributed by atoms with Gasteiger partial charge in [0.15, 0.2) is 0 Å². The first kappa shape index (κ1) is 13.1. The zero-order valence-electron chi connectivity index (χ0n) is 10.4. The summed E-state index contributed by atoms with van der Waals surface area (Å²) in [5.74, 6) is 5.37. The Hall–Kier alpha value is -1.95. The Balaban J connectivity index is 3.04. The van der Waals surface area contributed by atoms with Gasteiger partial charge in [-0.25, -0.2) is 0 Å². The highest BCUT2D eigenvalue weighted by molar-refractivity contribution is 5.76. The second-order valence-corrected chi connectivity index (χ2v) is 4.93. The first-order chi connectivity index (χ1) is 7.80. The van der Waals surface area contributed by atoms with Crippen molar-refractivity contribution in [1.29, 1.82) is 0 Å². The Morgan fingerprint density at radius 2 is 2.06 bits per heavy atom. The molecule has 0 aliphatic carbocycles. The van der Waals surface area contributed by atoms with Gasteiger partial charge in [0.05, 0.1) is 6.42 Å². The molecule has 0 aliphatic heterocycles. The summed E-state index contributed by atoms with van der Waals surface area (Å²) in [6, 6.07) is 5.18. The third-order valence-corrected chi connectivity index (χ3v) is 2.30. The summed E-state index contributed by atoms with van der Waals surface area (Å²) >= 11 is 0. The van der Waals surface area contributed by atoms with Crippen molar-refractivity contribution in [2.45, 2.75) is 32.6 Å². The van der Waals surface area contributed by atoms with E-state index in [1.54, 1.807) is 12.1 Å². The SMILES string of the molecule is CC(C)(C)c1cc(C#CCC(N)=O)ccc1O. The molecule has 90 valence electrons. The minimum Gasteiger partial charge on any atom is -0.508 e. The number of hydrogen-bond acceptors (Lipinski definition) is 2. The number of nitrogens with two attached hydrogens (primary N) is 1. The van der Waals surface area contributed by atoms with E-state index in [1.165, 1.54) is 0 Å². The molecule has 0 aliphatic rings. The molecule has 3 N–H and O–H groups in total. The molecule has 1 amide bonds. The number of carbonyl (C=O) groups is 1. The van der Waals surface area contributed by atoms with Gasteiger partial charge in [0.25, 0.3) is 0 Å². The summed E-state index contributed by atoms with van der Waals surface area (Å²) < 4.78 is 0. The third-order valence-electron chi connectivity index (χ3n) is 2.30. The highest BCUT2D eigenvalue weighted by atomic mass is 16.3. The van der Waals surface area contributed by atoms with E-state index in [0.717, 1.165) is 11.1 Å². The van der Waals surface area contributed by atoms with Gasteiger partial charge in [0.2, 0.25) is 5.91 Å². The summed E-state index contributed by atoms with van der Waals surface area (Å²) in [6.07, 6.45) is 0.0473. The van der Waals surface area contributed by atoms with Crippen LogP contribution in [0.5, 0.6) is 5.75 Å². The van der Waals surface area contributed by atoms with Crippen molar-refractivity contribution in [3.8, 4) is 17.6 Å². The summed E-state index contributed by atoms with van der Waals surface area (Å²) in [6.45, 7) is 6.05. The average Bonchev–Trinajstić information content (AvgIpc) is 2.18. The Morgan fingerprint density at radius 3 is 2.59 bits per heavy atom. The van der Waals surface area contributed by atoms with E-state index in [2.05, 4.69) is 11.8 Å². The zero-order chi connectivity index (χ0) is 13.1. The number of phenolic OH excluding ortho intramolecular Hbond substituents is 1. The molecule has 17 heavy (non-hydrogen) atoms. The first-order valence-corrected chi connectivity index (χ1v) is 5.41. The van der Waals surface area contributed by atoms with Crippen molar-refractivity contribution < 1.29 is 9.90 Å². The van der Waals surface area contributed by atoms with Crippen LogP contribution in [0.25, 0.3) is 0 Å². The van der Waals surface area contributed by atoms with Crippen molar-refractivity contribution in [2.75, 3.05) is 0 Å². The molecule has 0 unspecified atom stereocenters. The number of rotatable bonds is 1. The number of primary amides is 1. The molecule has 0 heterocycles. The number of carbonyl (C=O) groups excluding carboxylic acids is 1. The lowest BCUT2D eigenvalue weighted by Crippen LogP contribution is -2.11. The van der Waals surface area contributed by atoms with Gasteiger partial charge in [-0.05, 0) is 23.6 Å². The maximum Gasteiger partial charge on any atom is 0.229 e. The maximum absolute atomic E-state index is 10.5. The van der Waals surface area contributed by atoms with Crippen LogP contribution in [0.15, 0.2) is 18.2 Å². The predicted molar refractivity (Wildman–Crippen MR) is 67.5 cm³/mol. The Kier molecular flexibility index (Phi) is 3.80.